The molecule has 1 aliphatic heterocycles. The zero-order valence-corrected chi connectivity index (χ0v) is 8.79. The monoisotopic (exact) mass is 211 g/mol. The van der Waals surface area contributed by atoms with E-state index in [1.807, 2.05) is 13.0 Å². The zero-order chi connectivity index (χ0) is 10.3. The van der Waals surface area contributed by atoms with Crippen molar-refractivity contribution in [3.63, 3.8) is 0 Å². The zero-order valence-electron chi connectivity index (χ0n) is 7.97. The van der Waals surface area contributed by atoms with Gasteiger partial charge in [-0.05, 0) is 17.5 Å². The SMILES string of the molecule is C[C@@H]1CS(=O)(=O)c2ccccc2[C@@H]1N. The van der Waals surface area contributed by atoms with E-state index >= 15 is 0 Å². The Balaban J connectivity index is 2.68. The van der Waals surface area contributed by atoms with Gasteiger partial charge in [0, 0.05) is 6.04 Å². The summed E-state index contributed by atoms with van der Waals surface area (Å²) in [5.74, 6) is 0.153. The van der Waals surface area contributed by atoms with Crippen LogP contribution in [-0.4, -0.2) is 14.2 Å². The molecule has 1 aromatic rings. The normalized spacial score (nSPS) is 29.6. The molecule has 0 saturated carbocycles. The van der Waals surface area contributed by atoms with E-state index in [9.17, 15) is 8.42 Å². The van der Waals surface area contributed by atoms with Gasteiger partial charge in [0.15, 0.2) is 9.84 Å². The van der Waals surface area contributed by atoms with E-state index in [2.05, 4.69) is 0 Å². The summed E-state index contributed by atoms with van der Waals surface area (Å²) in [6, 6.07) is 6.84. The van der Waals surface area contributed by atoms with Crippen LogP contribution in [0.1, 0.15) is 18.5 Å². The molecule has 0 saturated heterocycles. The molecule has 0 bridgehead atoms. The predicted molar refractivity (Wildman–Crippen MR) is 54.6 cm³/mol. The number of sulfone groups is 1. The van der Waals surface area contributed by atoms with Crippen molar-refractivity contribution in [3.8, 4) is 0 Å². The fraction of sp³-hybridized carbons (Fsp3) is 0.400. The lowest BCUT2D eigenvalue weighted by atomic mass is 9.96. The van der Waals surface area contributed by atoms with Gasteiger partial charge in [0.2, 0.25) is 0 Å². The Morgan fingerprint density at radius 1 is 1.36 bits per heavy atom. The fourth-order valence-electron chi connectivity index (χ4n) is 1.89. The summed E-state index contributed by atoms with van der Waals surface area (Å²) in [7, 11) is -3.10. The Kier molecular flexibility index (Phi) is 2.12. The van der Waals surface area contributed by atoms with E-state index in [1.54, 1.807) is 18.2 Å². The van der Waals surface area contributed by atoms with Crippen molar-refractivity contribution in [3.05, 3.63) is 29.8 Å². The van der Waals surface area contributed by atoms with E-state index in [1.165, 1.54) is 0 Å². The van der Waals surface area contributed by atoms with Crippen LogP contribution in [0.25, 0.3) is 0 Å². The van der Waals surface area contributed by atoms with Gasteiger partial charge >= 0.3 is 0 Å². The first kappa shape index (κ1) is 9.68. The standard InChI is InChI=1S/C10H13NO2S/c1-7-6-14(12,13)9-5-3-2-4-8(9)10(7)11/h2-5,7,10H,6,11H2,1H3/t7-,10-/m1/s1. The lowest BCUT2D eigenvalue weighted by molar-refractivity contribution is 0.478. The molecule has 0 aromatic heterocycles. The summed E-state index contributed by atoms with van der Waals surface area (Å²) in [4.78, 5) is 0.408. The Hall–Kier alpha value is -0.870. The van der Waals surface area contributed by atoms with Gasteiger partial charge in [-0.15, -0.1) is 0 Å². The van der Waals surface area contributed by atoms with Crippen LogP contribution >= 0.6 is 0 Å². The second-order valence-corrected chi connectivity index (χ2v) is 5.82. The van der Waals surface area contributed by atoms with Crippen LogP contribution in [0.4, 0.5) is 0 Å². The summed E-state index contributed by atoms with van der Waals surface area (Å²) in [5, 5.41) is 0. The number of benzene rings is 1. The summed E-state index contributed by atoms with van der Waals surface area (Å²) >= 11 is 0. The molecular formula is C10H13NO2S. The van der Waals surface area contributed by atoms with Gasteiger partial charge in [-0.3, -0.25) is 0 Å². The van der Waals surface area contributed by atoms with Crippen LogP contribution in [0, 0.1) is 5.92 Å². The number of fused-ring (bicyclic) bond motifs is 1. The lowest BCUT2D eigenvalue weighted by Crippen LogP contribution is -2.32. The number of nitrogens with two attached hydrogens (primary N) is 1. The van der Waals surface area contributed by atoms with E-state index in [-0.39, 0.29) is 17.7 Å². The van der Waals surface area contributed by atoms with Gasteiger partial charge in [0.05, 0.1) is 10.6 Å². The average molecular weight is 211 g/mol. The van der Waals surface area contributed by atoms with Gasteiger partial charge in [-0.25, -0.2) is 8.42 Å². The third kappa shape index (κ3) is 1.35. The highest BCUT2D eigenvalue weighted by Gasteiger charge is 2.32. The molecule has 2 rings (SSSR count). The quantitative estimate of drug-likeness (QED) is 0.699. The molecule has 14 heavy (non-hydrogen) atoms. The third-order valence-corrected chi connectivity index (χ3v) is 4.72. The first-order valence-corrected chi connectivity index (χ1v) is 6.25. The average Bonchev–Trinajstić information content (AvgIpc) is 2.14. The summed E-state index contributed by atoms with van der Waals surface area (Å²) in [6.45, 7) is 1.87. The Labute approximate surface area is 83.9 Å². The van der Waals surface area contributed by atoms with Crippen molar-refractivity contribution in [2.24, 2.45) is 11.7 Å². The van der Waals surface area contributed by atoms with Crippen LogP contribution in [0.2, 0.25) is 0 Å². The minimum atomic E-state index is -3.10. The molecular weight excluding hydrogens is 198 g/mol. The van der Waals surface area contributed by atoms with Gasteiger partial charge < -0.3 is 5.73 Å². The van der Waals surface area contributed by atoms with Crippen molar-refractivity contribution in [2.45, 2.75) is 17.9 Å². The lowest BCUT2D eigenvalue weighted by Gasteiger charge is -2.27. The summed E-state index contributed by atoms with van der Waals surface area (Å²) in [5.41, 5.74) is 6.70. The van der Waals surface area contributed by atoms with Crippen LogP contribution in [-0.2, 0) is 9.84 Å². The number of hydrogen-bond donors (Lipinski definition) is 1. The molecule has 0 unspecified atom stereocenters. The molecule has 0 spiro atoms. The first-order valence-electron chi connectivity index (χ1n) is 4.59. The van der Waals surface area contributed by atoms with Crippen LogP contribution < -0.4 is 5.73 Å². The summed E-state index contributed by atoms with van der Waals surface area (Å²) in [6.07, 6.45) is 0. The molecule has 0 fully saturated rings. The molecule has 0 amide bonds. The minimum Gasteiger partial charge on any atom is -0.324 e. The highest BCUT2D eigenvalue weighted by molar-refractivity contribution is 7.91. The highest BCUT2D eigenvalue weighted by atomic mass is 32.2. The van der Waals surface area contributed by atoms with Gasteiger partial charge in [0.1, 0.15) is 0 Å². The maximum Gasteiger partial charge on any atom is 0.179 e. The molecule has 4 heteroatoms. The fourth-order valence-corrected chi connectivity index (χ4v) is 3.81. The molecule has 1 heterocycles. The molecule has 76 valence electrons. The first-order chi connectivity index (χ1) is 6.52. The molecule has 2 N–H and O–H groups in total. The highest BCUT2D eigenvalue weighted by Crippen LogP contribution is 2.33. The van der Waals surface area contributed by atoms with Crippen molar-refractivity contribution < 1.29 is 8.42 Å². The van der Waals surface area contributed by atoms with Crippen molar-refractivity contribution in [1.29, 1.82) is 0 Å². The third-order valence-electron chi connectivity index (χ3n) is 2.71. The maximum atomic E-state index is 11.8. The molecule has 1 aromatic carbocycles. The second kappa shape index (κ2) is 3.07. The number of hydrogen-bond acceptors (Lipinski definition) is 3. The second-order valence-electron chi connectivity index (χ2n) is 3.82. The van der Waals surface area contributed by atoms with Gasteiger partial charge in [0.25, 0.3) is 0 Å². The minimum absolute atomic E-state index is 0.00472. The molecule has 1 aliphatic rings. The van der Waals surface area contributed by atoms with Crippen molar-refractivity contribution in [1.82, 2.24) is 0 Å². The van der Waals surface area contributed by atoms with E-state index in [4.69, 9.17) is 5.73 Å². The van der Waals surface area contributed by atoms with Crippen molar-refractivity contribution in [2.75, 3.05) is 5.75 Å². The predicted octanol–water partition coefficient (Wildman–Crippen LogP) is 1.11. The Bertz CT molecular complexity index is 453. The topological polar surface area (TPSA) is 60.2 Å². The van der Waals surface area contributed by atoms with E-state index < -0.39 is 9.84 Å². The van der Waals surface area contributed by atoms with Crippen LogP contribution in [0.15, 0.2) is 29.2 Å². The van der Waals surface area contributed by atoms with Crippen LogP contribution in [0.3, 0.4) is 0 Å². The molecule has 3 nitrogen and oxygen atoms in total. The largest absolute Gasteiger partial charge is 0.324 e. The Morgan fingerprint density at radius 2 is 2.00 bits per heavy atom. The van der Waals surface area contributed by atoms with Gasteiger partial charge in [-0.1, -0.05) is 25.1 Å². The molecule has 0 aliphatic carbocycles. The van der Waals surface area contributed by atoms with Gasteiger partial charge in [-0.2, -0.15) is 0 Å². The Morgan fingerprint density at radius 3 is 2.71 bits per heavy atom. The smallest absolute Gasteiger partial charge is 0.179 e. The molecule has 2 atom stereocenters. The maximum absolute atomic E-state index is 11.8. The number of rotatable bonds is 0. The van der Waals surface area contributed by atoms with E-state index in [0.717, 1.165) is 5.56 Å². The van der Waals surface area contributed by atoms with Crippen molar-refractivity contribution >= 4 is 9.84 Å². The summed E-state index contributed by atoms with van der Waals surface area (Å²) < 4.78 is 23.5. The van der Waals surface area contributed by atoms with E-state index in [0.29, 0.717) is 4.90 Å². The molecule has 0 radical (unpaired) electrons. The van der Waals surface area contributed by atoms with Crippen LogP contribution in [0.5, 0.6) is 0 Å².